The number of carbonyl (C=O) groups is 1. The van der Waals surface area contributed by atoms with E-state index in [1.807, 2.05) is 30.3 Å². The van der Waals surface area contributed by atoms with Gasteiger partial charge in [0.1, 0.15) is 5.75 Å². The maximum atomic E-state index is 12.4. The van der Waals surface area contributed by atoms with E-state index in [4.69, 9.17) is 4.74 Å². The van der Waals surface area contributed by atoms with Gasteiger partial charge in [0.25, 0.3) is 0 Å². The summed E-state index contributed by atoms with van der Waals surface area (Å²) < 4.78 is 5.34. The third-order valence-corrected chi connectivity index (χ3v) is 5.75. The summed E-state index contributed by atoms with van der Waals surface area (Å²) in [4.78, 5) is 13.6. The molecule has 0 aliphatic heterocycles. The minimum absolute atomic E-state index is 0.00249. The van der Waals surface area contributed by atoms with Gasteiger partial charge in [-0.2, -0.15) is 0 Å². The van der Waals surface area contributed by atoms with Crippen LogP contribution in [0.4, 0.5) is 0 Å². The molecule has 2 aromatic carbocycles. The lowest BCUT2D eigenvalue weighted by atomic mass is 10.0. The molecule has 29 heavy (non-hydrogen) atoms. The highest BCUT2D eigenvalue weighted by atomic mass is 32.1. The second kappa shape index (κ2) is 10.8. The summed E-state index contributed by atoms with van der Waals surface area (Å²) >= 11 is 1.70. The summed E-state index contributed by atoms with van der Waals surface area (Å²) in [6.07, 6.45) is 2.22. The Balaban J connectivity index is 1.62. The Morgan fingerprint density at radius 2 is 1.86 bits per heavy atom. The number of benzene rings is 2. The van der Waals surface area contributed by atoms with Crippen molar-refractivity contribution < 1.29 is 9.53 Å². The molecule has 2 N–H and O–H groups in total. The summed E-state index contributed by atoms with van der Waals surface area (Å²) in [5.74, 6) is 0.740. The number of para-hydroxylation sites is 1. The molecule has 0 aliphatic carbocycles. The third-order valence-electron chi connectivity index (χ3n) is 4.81. The number of hydrogen-bond acceptors (Lipinski definition) is 4. The van der Waals surface area contributed by atoms with E-state index in [1.54, 1.807) is 18.4 Å². The second-order valence-corrected chi connectivity index (χ2v) is 7.89. The van der Waals surface area contributed by atoms with Gasteiger partial charge in [0.2, 0.25) is 5.91 Å². The van der Waals surface area contributed by atoms with E-state index in [0.717, 1.165) is 24.2 Å². The SMILES string of the molecule is CCCc1ccc([C@H](NCC(=O)NCc2ccccc2OC)c2cccs2)cc1. The lowest BCUT2D eigenvalue weighted by molar-refractivity contribution is -0.120. The van der Waals surface area contributed by atoms with Crippen molar-refractivity contribution in [2.45, 2.75) is 32.4 Å². The Morgan fingerprint density at radius 3 is 2.55 bits per heavy atom. The molecule has 1 heterocycles. The molecule has 3 aromatic rings. The van der Waals surface area contributed by atoms with E-state index in [0.29, 0.717) is 6.54 Å². The van der Waals surface area contributed by atoms with Gasteiger partial charge >= 0.3 is 0 Å². The fourth-order valence-electron chi connectivity index (χ4n) is 3.30. The van der Waals surface area contributed by atoms with E-state index in [-0.39, 0.29) is 18.5 Å². The number of thiophene rings is 1. The largest absolute Gasteiger partial charge is 0.496 e. The monoisotopic (exact) mass is 408 g/mol. The van der Waals surface area contributed by atoms with E-state index >= 15 is 0 Å². The first-order valence-corrected chi connectivity index (χ1v) is 10.8. The predicted molar refractivity (Wildman–Crippen MR) is 119 cm³/mol. The maximum absolute atomic E-state index is 12.4. The van der Waals surface area contributed by atoms with Crippen LogP contribution in [0.25, 0.3) is 0 Å². The third kappa shape index (κ3) is 5.92. The Labute approximate surface area is 176 Å². The molecular weight excluding hydrogens is 380 g/mol. The molecule has 0 fully saturated rings. The van der Waals surface area contributed by atoms with Crippen molar-refractivity contribution in [3.63, 3.8) is 0 Å². The van der Waals surface area contributed by atoms with Gasteiger partial charge in [0.05, 0.1) is 19.7 Å². The predicted octanol–water partition coefficient (Wildman–Crippen LogP) is 4.70. The Kier molecular flexibility index (Phi) is 7.85. The molecule has 5 heteroatoms. The van der Waals surface area contributed by atoms with Crippen molar-refractivity contribution in [2.24, 2.45) is 0 Å². The van der Waals surface area contributed by atoms with Crippen LogP contribution in [0.2, 0.25) is 0 Å². The molecule has 1 amide bonds. The van der Waals surface area contributed by atoms with Crippen molar-refractivity contribution in [1.29, 1.82) is 0 Å². The van der Waals surface area contributed by atoms with Crippen LogP contribution in [0.5, 0.6) is 5.75 Å². The highest BCUT2D eigenvalue weighted by Gasteiger charge is 2.16. The second-order valence-electron chi connectivity index (χ2n) is 6.91. The van der Waals surface area contributed by atoms with Gasteiger partial charge in [0.15, 0.2) is 0 Å². The Hall–Kier alpha value is -2.63. The minimum atomic E-state index is -0.0416. The van der Waals surface area contributed by atoms with Crippen LogP contribution in [0, 0.1) is 0 Å². The zero-order chi connectivity index (χ0) is 20.5. The maximum Gasteiger partial charge on any atom is 0.234 e. The quantitative estimate of drug-likeness (QED) is 0.511. The van der Waals surface area contributed by atoms with Crippen LogP contribution in [0.15, 0.2) is 66.0 Å². The van der Waals surface area contributed by atoms with Gasteiger partial charge in [-0.05, 0) is 35.1 Å². The molecular formula is C24H28N2O2S. The van der Waals surface area contributed by atoms with Crippen molar-refractivity contribution in [3.05, 3.63) is 87.6 Å². The number of carbonyl (C=O) groups excluding carboxylic acids is 1. The molecule has 152 valence electrons. The van der Waals surface area contributed by atoms with E-state index < -0.39 is 0 Å². The number of rotatable bonds is 10. The topological polar surface area (TPSA) is 50.4 Å². The average molecular weight is 409 g/mol. The Morgan fingerprint density at radius 1 is 1.07 bits per heavy atom. The molecule has 0 spiro atoms. The van der Waals surface area contributed by atoms with Gasteiger partial charge in [-0.1, -0.05) is 61.9 Å². The number of amides is 1. The van der Waals surface area contributed by atoms with E-state index in [2.05, 4.69) is 53.3 Å². The fraction of sp³-hybridized carbons (Fsp3) is 0.292. The van der Waals surface area contributed by atoms with Gasteiger partial charge in [-0.25, -0.2) is 0 Å². The lowest BCUT2D eigenvalue weighted by Crippen LogP contribution is -2.35. The summed E-state index contributed by atoms with van der Waals surface area (Å²) in [5.41, 5.74) is 3.48. The average Bonchev–Trinajstić information content (AvgIpc) is 3.28. The van der Waals surface area contributed by atoms with Crippen LogP contribution < -0.4 is 15.4 Å². The van der Waals surface area contributed by atoms with Crippen molar-refractivity contribution in [3.8, 4) is 5.75 Å². The smallest absolute Gasteiger partial charge is 0.234 e. The summed E-state index contributed by atoms with van der Waals surface area (Å²) in [6, 6.07) is 20.6. The fourth-order valence-corrected chi connectivity index (χ4v) is 4.13. The highest BCUT2D eigenvalue weighted by Crippen LogP contribution is 2.26. The molecule has 1 atom stereocenters. The number of ether oxygens (including phenoxy) is 1. The summed E-state index contributed by atoms with van der Waals surface area (Å²) in [6.45, 7) is 2.88. The van der Waals surface area contributed by atoms with Gasteiger partial charge in [-0.15, -0.1) is 11.3 Å². The molecule has 3 rings (SSSR count). The number of hydrogen-bond donors (Lipinski definition) is 2. The van der Waals surface area contributed by atoms with Crippen LogP contribution in [0.3, 0.4) is 0 Å². The number of nitrogens with one attached hydrogen (secondary N) is 2. The molecule has 1 aromatic heterocycles. The van der Waals surface area contributed by atoms with Crippen molar-refractivity contribution in [1.82, 2.24) is 10.6 Å². The normalized spacial score (nSPS) is 11.8. The van der Waals surface area contributed by atoms with Crippen LogP contribution in [-0.4, -0.2) is 19.6 Å². The minimum Gasteiger partial charge on any atom is -0.496 e. The summed E-state index contributed by atoms with van der Waals surface area (Å²) in [5, 5.41) is 8.46. The number of aryl methyl sites for hydroxylation is 1. The zero-order valence-electron chi connectivity index (χ0n) is 17.0. The van der Waals surface area contributed by atoms with Gasteiger partial charge < -0.3 is 10.1 Å². The lowest BCUT2D eigenvalue weighted by Gasteiger charge is -2.18. The van der Waals surface area contributed by atoms with Gasteiger partial charge in [0, 0.05) is 17.0 Å². The Bertz CT molecular complexity index is 892. The molecule has 0 radical (unpaired) electrons. The summed E-state index contributed by atoms with van der Waals surface area (Å²) in [7, 11) is 1.64. The molecule has 0 saturated heterocycles. The van der Waals surface area contributed by atoms with Crippen LogP contribution in [0.1, 0.15) is 41.0 Å². The number of methoxy groups -OCH3 is 1. The van der Waals surface area contributed by atoms with E-state index in [1.165, 1.54) is 16.0 Å². The van der Waals surface area contributed by atoms with Crippen molar-refractivity contribution >= 4 is 17.2 Å². The first-order chi connectivity index (χ1) is 14.2. The van der Waals surface area contributed by atoms with Crippen LogP contribution in [-0.2, 0) is 17.8 Å². The zero-order valence-corrected chi connectivity index (χ0v) is 17.8. The molecule has 0 saturated carbocycles. The molecule has 4 nitrogen and oxygen atoms in total. The first kappa shape index (κ1) is 21.1. The van der Waals surface area contributed by atoms with Gasteiger partial charge in [-0.3, -0.25) is 10.1 Å². The standard InChI is InChI=1S/C24H28N2O2S/c1-3-7-18-11-13-19(14-12-18)24(22-10-6-15-29-22)26-17-23(27)25-16-20-8-4-5-9-21(20)28-2/h4-6,8-15,24,26H,3,7,16-17H2,1-2H3,(H,25,27)/t24-/m0/s1. The van der Waals surface area contributed by atoms with Crippen LogP contribution >= 0.6 is 11.3 Å². The molecule has 0 unspecified atom stereocenters. The first-order valence-electron chi connectivity index (χ1n) is 9.95. The molecule has 0 aliphatic rings. The molecule has 0 bridgehead atoms. The van der Waals surface area contributed by atoms with E-state index in [9.17, 15) is 4.79 Å². The van der Waals surface area contributed by atoms with Crippen molar-refractivity contribution in [2.75, 3.05) is 13.7 Å². The highest BCUT2D eigenvalue weighted by molar-refractivity contribution is 7.10.